The minimum atomic E-state index is -3.44. The summed E-state index contributed by atoms with van der Waals surface area (Å²) in [6.45, 7) is 3.14. The summed E-state index contributed by atoms with van der Waals surface area (Å²) >= 11 is 1.21. The topological polar surface area (TPSA) is 70.8 Å². The first-order valence-electron chi connectivity index (χ1n) is 6.87. The number of rotatable bonds is 3. The molecule has 1 aliphatic rings. The Morgan fingerprint density at radius 3 is 2.50 bits per heavy atom. The van der Waals surface area contributed by atoms with Crippen LogP contribution in [-0.2, 0) is 10.0 Å². The third kappa shape index (κ3) is 2.69. The van der Waals surface area contributed by atoms with Crippen LogP contribution in [0.4, 0.5) is 0 Å². The quantitative estimate of drug-likeness (QED) is 0.854. The number of amides is 1. The van der Waals surface area contributed by atoms with Crippen LogP contribution in [0.25, 0.3) is 0 Å². The molecule has 0 atom stereocenters. The lowest BCUT2D eigenvalue weighted by Crippen LogP contribution is -2.50. The molecule has 1 amide bonds. The van der Waals surface area contributed by atoms with E-state index in [-0.39, 0.29) is 5.91 Å². The Balaban J connectivity index is 1.68. The molecular formula is C14H16N2O4S2. The van der Waals surface area contributed by atoms with Gasteiger partial charge in [-0.3, -0.25) is 4.79 Å². The Bertz CT molecular complexity index is 757. The Hall–Kier alpha value is -1.64. The average Bonchev–Trinajstić information content (AvgIpc) is 3.18. The van der Waals surface area contributed by atoms with Crippen molar-refractivity contribution >= 4 is 27.3 Å². The van der Waals surface area contributed by atoms with Crippen molar-refractivity contribution in [3.8, 4) is 0 Å². The highest BCUT2D eigenvalue weighted by atomic mass is 32.2. The molecule has 22 heavy (non-hydrogen) atoms. The third-order valence-corrected chi connectivity index (χ3v) is 6.94. The normalized spacial score (nSPS) is 16.9. The van der Waals surface area contributed by atoms with E-state index in [1.165, 1.54) is 21.9 Å². The third-order valence-electron chi connectivity index (χ3n) is 3.67. The molecule has 0 bridgehead atoms. The summed E-state index contributed by atoms with van der Waals surface area (Å²) in [5.41, 5.74) is 0.790. The van der Waals surface area contributed by atoms with Crippen molar-refractivity contribution in [3.63, 3.8) is 0 Å². The molecule has 0 saturated carbocycles. The molecule has 0 spiro atoms. The molecule has 1 fully saturated rings. The van der Waals surface area contributed by atoms with Crippen molar-refractivity contribution in [1.82, 2.24) is 9.21 Å². The van der Waals surface area contributed by atoms with Crippen molar-refractivity contribution in [3.05, 3.63) is 41.2 Å². The van der Waals surface area contributed by atoms with Gasteiger partial charge in [0, 0.05) is 31.7 Å². The van der Waals surface area contributed by atoms with E-state index in [1.807, 2.05) is 6.92 Å². The number of nitrogens with zero attached hydrogens (tertiary/aromatic N) is 2. The van der Waals surface area contributed by atoms with E-state index in [1.54, 1.807) is 28.5 Å². The van der Waals surface area contributed by atoms with Crippen LogP contribution in [0.5, 0.6) is 0 Å². The molecule has 118 valence electrons. The van der Waals surface area contributed by atoms with Gasteiger partial charge in [-0.2, -0.15) is 4.31 Å². The van der Waals surface area contributed by atoms with Crippen LogP contribution in [0.15, 0.2) is 38.5 Å². The largest absolute Gasteiger partial charge is 0.459 e. The molecular weight excluding hydrogens is 324 g/mol. The highest BCUT2D eigenvalue weighted by Gasteiger charge is 2.31. The monoisotopic (exact) mass is 340 g/mol. The summed E-state index contributed by atoms with van der Waals surface area (Å²) < 4.78 is 31.8. The summed E-state index contributed by atoms with van der Waals surface area (Å²) in [6, 6.07) is 5.06. The van der Waals surface area contributed by atoms with Gasteiger partial charge in [0.25, 0.3) is 15.9 Å². The fourth-order valence-electron chi connectivity index (χ4n) is 2.40. The molecule has 2 aromatic heterocycles. The van der Waals surface area contributed by atoms with Crippen LogP contribution < -0.4 is 0 Å². The molecule has 3 rings (SSSR count). The second kappa shape index (κ2) is 5.86. The van der Waals surface area contributed by atoms with E-state index in [0.29, 0.717) is 36.1 Å². The first-order chi connectivity index (χ1) is 10.5. The Labute approximate surface area is 133 Å². The predicted molar refractivity (Wildman–Crippen MR) is 82.4 cm³/mol. The van der Waals surface area contributed by atoms with Crippen LogP contribution in [0, 0.1) is 6.92 Å². The molecule has 8 heteroatoms. The second-order valence-electron chi connectivity index (χ2n) is 5.06. The summed E-state index contributed by atoms with van der Waals surface area (Å²) in [6.07, 6.45) is 1.49. The van der Waals surface area contributed by atoms with Gasteiger partial charge in [-0.15, -0.1) is 11.3 Å². The minimum absolute atomic E-state index is 0.185. The summed E-state index contributed by atoms with van der Waals surface area (Å²) in [5.74, 6) is 0.144. The zero-order valence-corrected chi connectivity index (χ0v) is 13.7. The van der Waals surface area contributed by atoms with Crippen molar-refractivity contribution in [1.29, 1.82) is 0 Å². The number of aryl methyl sites for hydroxylation is 1. The second-order valence-corrected chi connectivity index (χ2v) is 8.17. The highest BCUT2D eigenvalue weighted by molar-refractivity contribution is 7.91. The van der Waals surface area contributed by atoms with Crippen molar-refractivity contribution in [2.45, 2.75) is 11.1 Å². The summed E-state index contributed by atoms with van der Waals surface area (Å²) in [5, 5.41) is 1.74. The van der Waals surface area contributed by atoms with Crippen molar-refractivity contribution in [2.75, 3.05) is 26.2 Å². The lowest BCUT2D eigenvalue weighted by Gasteiger charge is -2.33. The molecule has 0 aromatic carbocycles. The predicted octanol–water partition coefficient (Wildman–Crippen LogP) is 1.80. The van der Waals surface area contributed by atoms with Gasteiger partial charge in [0.05, 0.1) is 6.26 Å². The zero-order chi connectivity index (χ0) is 15.7. The highest BCUT2D eigenvalue weighted by Crippen LogP contribution is 2.22. The van der Waals surface area contributed by atoms with E-state index in [2.05, 4.69) is 0 Å². The number of piperazine rings is 1. The van der Waals surface area contributed by atoms with Gasteiger partial charge in [0.1, 0.15) is 4.21 Å². The van der Waals surface area contributed by atoms with E-state index < -0.39 is 10.0 Å². The van der Waals surface area contributed by atoms with E-state index >= 15 is 0 Å². The van der Waals surface area contributed by atoms with Crippen molar-refractivity contribution < 1.29 is 17.6 Å². The van der Waals surface area contributed by atoms with Gasteiger partial charge in [-0.05, 0) is 24.4 Å². The van der Waals surface area contributed by atoms with Crippen LogP contribution in [0.1, 0.15) is 16.1 Å². The van der Waals surface area contributed by atoms with Crippen LogP contribution in [0.3, 0.4) is 0 Å². The van der Waals surface area contributed by atoms with Crippen LogP contribution in [-0.4, -0.2) is 49.7 Å². The lowest BCUT2D eigenvalue weighted by atomic mass is 10.2. The molecule has 0 N–H and O–H groups in total. The maximum Gasteiger partial charge on any atom is 0.289 e. The minimum Gasteiger partial charge on any atom is -0.459 e. The average molecular weight is 340 g/mol. The standard InChI is InChI=1S/C14H16N2O4S2/c1-11-4-9-20-13(11)14(17)15-5-7-16(8-6-15)22(18,19)12-3-2-10-21-12/h2-4,9-10H,5-8H2,1H3. The lowest BCUT2D eigenvalue weighted by molar-refractivity contribution is 0.0665. The number of hydrogen-bond donors (Lipinski definition) is 0. The number of thiophene rings is 1. The van der Waals surface area contributed by atoms with Crippen molar-refractivity contribution in [2.24, 2.45) is 0 Å². The molecule has 0 radical (unpaired) electrons. The maximum atomic E-state index is 12.4. The van der Waals surface area contributed by atoms with Gasteiger partial charge < -0.3 is 9.32 Å². The van der Waals surface area contributed by atoms with Gasteiger partial charge in [-0.25, -0.2) is 8.42 Å². The molecule has 2 aromatic rings. The van der Waals surface area contributed by atoms with E-state index in [4.69, 9.17) is 4.42 Å². The van der Waals surface area contributed by atoms with Gasteiger partial charge >= 0.3 is 0 Å². The zero-order valence-electron chi connectivity index (χ0n) is 12.1. The number of hydrogen-bond acceptors (Lipinski definition) is 5. The van der Waals surface area contributed by atoms with E-state index in [9.17, 15) is 13.2 Å². The van der Waals surface area contributed by atoms with Crippen LogP contribution in [0.2, 0.25) is 0 Å². The molecule has 6 nitrogen and oxygen atoms in total. The Morgan fingerprint density at radius 1 is 1.23 bits per heavy atom. The number of carbonyl (C=O) groups excluding carboxylic acids is 1. The molecule has 1 aliphatic heterocycles. The van der Waals surface area contributed by atoms with E-state index in [0.717, 1.165) is 5.56 Å². The Morgan fingerprint density at radius 2 is 1.95 bits per heavy atom. The number of furan rings is 1. The molecule has 3 heterocycles. The maximum absolute atomic E-state index is 12.4. The number of carbonyl (C=O) groups is 1. The molecule has 1 saturated heterocycles. The summed E-state index contributed by atoms with van der Waals surface area (Å²) in [4.78, 5) is 14.0. The van der Waals surface area contributed by atoms with Gasteiger partial charge in [-0.1, -0.05) is 6.07 Å². The molecule has 0 aliphatic carbocycles. The number of sulfonamides is 1. The first-order valence-corrected chi connectivity index (χ1v) is 9.19. The van der Waals surface area contributed by atoms with Gasteiger partial charge in [0.2, 0.25) is 0 Å². The molecule has 0 unspecified atom stereocenters. The fourth-order valence-corrected chi connectivity index (χ4v) is 4.97. The Kier molecular flexibility index (Phi) is 4.07. The fraction of sp³-hybridized carbons (Fsp3) is 0.357. The van der Waals surface area contributed by atoms with Gasteiger partial charge in [0.15, 0.2) is 5.76 Å². The SMILES string of the molecule is Cc1ccoc1C(=O)N1CCN(S(=O)(=O)c2cccs2)CC1. The summed E-state index contributed by atoms with van der Waals surface area (Å²) in [7, 11) is -3.44. The smallest absolute Gasteiger partial charge is 0.289 e. The van der Waals surface area contributed by atoms with Crippen LogP contribution >= 0.6 is 11.3 Å². The first kappa shape index (κ1) is 15.3.